The molecule has 0 spiro atoms. The van der Waals surface area contributed by atoms with Crippen molar-refractivity contribution in [3.8, 4) is 0 Å². The molecule has 0 saturated heterocycles. The molecule has 1 aromatic heterocycles. The van der Waals surface area contributed by atoms with Gasteiger partial charge in [-0.25, -0.2) is 4.68 Å². The maximum atomic E-state index is 12.8. The molecule has 1 aliphatic carbocycles. The lowest BCUT2D eigenvalue weighted by Crippen LogP contribution is -2.66. The van der Waals surface area contributed by atoms with Crippen LogP contribution in [0.25, 0.3) is 0 Å². The second-order valence-corrected chi connectivity index (χ2v) is 10.5. The van der Waals surface area contributed by atoms with E-state index in [1.165, 1.54) is 38.5 Å². The molecule has 32 heavy (non-hydrogen) atoms. The van der Waals surface area contributed by atoms with E-state index in [0.29, 0.717) is 25.3 Å². The second kappa shape index (κ2) is 12.7. The maximum absolute atomic E-state index is 12.8. The largest absolute Gasteiger partial charge is 0.349 e. The highest BCUT2D eigenvalue weighted by Gasteiger charge is 2.45. The van der Waals surface area contributed by atoms with Crippen molar-refractivity contribution in [1.82, 2.24) is 20.3 Å². The number of unbranched alkanes of at least 4 members (excludes halogenated alkanes) is 5. The van der Waals surface area contributed by atoms with Crippen LogP contribution in [-0.4, -0.2) is 38.0 Å². The fourth-order valence-corrected chi connectivity index (χ4v) is 4.96. The predicted octanol–water partition coefficient (Wildman–Crippen LogP) is 4.41. The zero-order valence-electron chi connectivity index (χ0n) is 21.0. The van der Waals surface area contributed by atoms with Crippen molar-refractivity contribution in [2.75, 3.05) is 0 Å². The topological polar surface area (TPSA) is 112 Å². The molecule has 1 amide bonds. The second-order valence-electron chi connectivity index (χ2n) is 10.5. The van der Waals surface area contributed by atoms with Crippen molar-refractivity contribution in [2.24, 2.45) is 11.5 Å². The molecule has 1 saturated carbocycles. The van der Waals surface area contributed by atoms with Gasteiger partial charge in [-0.3, -0.25) is 4.79 Å². The molecule has 7 nitrogen and oxygen atoms in total. The Bertz CT molecular complexity index is 688. The number of carbonyl (C=O) groups excluding carboxylic acids is 1. The molecule has 0 aromatic carbocycles. The van der Waals surface area contributed by atoms with Crippen molar-refractivity contribution in [1.29, 1.82) is 0 Å². The third-order valence-corrected chi connectivity index (χ3v) is 7.52. The number of amides is 1. The summed E-state index contributed by atoms with van der Waals surface area (Å²) in [5, 5.41) is 11.9. The first-order valence-electron chi connectivity index (χ1n) is 13.0. The zero-order chi connectivity index (χ0) is 23.6. The molecule has 184 valence electrons. The average molecular weight is 449 g/mol. The van der Waals surface area contributed by atoms with Gasteiger partial charge in [0.25, 0.3) is 0 Å². The number of hydrogen-bond donors (Lipinski definition) is 3. The van der Waals surface area contributed by atoms with Crippen LogP contribution in [0.1, 0.15) is 123 Å². The Morgan fingerprint density at radius 2 is 1.97 bits per heavy atom. The minimum atomic E-state index is -0.498. The van der Waals surface area contributed by atoms with Crippen LogP contribution < -0.4 is 16.8 Å². The summed E-state index contributed by atoms with van der Waals surface area (Å²) in [6.45, 7) is 8.53. The molecule has 0 aliphatic heterocycles. The van der Waals surface area contributed by atoms with Crippen molar-refractivity contribution < 1.29 is 4.79 Å². The standard InChI is InChI=1S/C25H48N6O/c1-5-7-8-9-10-11-14-22(6-2)31-19-21(29-30-31)15-16-23(32)28-25(4)18-20(26)13-12-17-24(25,3)27/h19-20,22H,5-18,26-27H2,1-4H3,(H,28,32). The van der Waals surface area contributed by atoms with E-state index in [2.05, 4.69) is 29.5 Å². The Morgan fingerprint density at radius 3 is 2.69 bits per heavy atom. The number of nitrogens with two attached hydrogens (primary N) is 2. The number of nitrogens with zero attached hydrogens (tertiary/aromatic N) is 3. The summed E-state index contributed by atoms with van der Waals surface area (Å²) < 4.78 is 2.00. The minimum absolute atomic E-state index is 0.00643. The first-order chi connectivity index (χ1) is 15.2. The van der Waals surface area contributed by atoms with E-state index in [1.807, 2.05) is 24.7 Å². The highest BCUT2D eigenvalue weighted by Crippen LogP contribution is 2.33. The summed E-state index contributed by atoms with van der Waals surface area (Å²) in [6.07, 6.45) is 16.5. The van der Waals surface area contributed by atoms with Crippen LogP contribution in [0.5, 0.6) is 0 Å². The molecular formula is C25H48N6O. The molecule has 0 bridgehead atoms. The first kappa shape index (κ1) is 26.8. The van der Waals surface area contributed by atoms with Crippen molar-refractivity contribution in [2.45, 2.75) is 141 Å². The number of aromatic nitrogens is 3. The number of aryl methyl sites for hydroxylation is 1. The molecule has 1 aromatic rings. The summed E-state index contributed by atoms with van der Waals surface area (Å²) in [4.78, 5) is 12.8. The quantitative estimate of drug-likeness (QED) is 0.306. The van der Waals surface area contributed by atoms with Gasteiger partial charge in [-0.05, 0) is 46.0 Å². The predicted molar refractivity (Wildman–Crippen MR) is 131 cm³/mol. The summed E-state index contributed by atoms with van der Waals surface area (Å²) in [6, 6.07) is 0.462. The average Bonchev–Trinajstić information content (AvgIpc) is 3.16. The van der Waals surface area contributed by atoms with Gasteiger partial charge in [0.2, 0.25) is 5.91 Å². The van der Waals surface area contributed by atoms with Crippen LogP contribution in [0.2, 0.25) is 0 Å². The number of rotatable bonds is 13. The van der Waals surface area contributed by atoms with Gasteiger partial charge in [-0.2, -0.15) is 0 Å². The fourth-order valence-electron chi connectivity index (χ4n) is 4.96. The lowest BCUT2D eigenvalue weighted by Gasteiger charge is -2.44. The lowest BCUT2D eigenvalue weighted by atomic mass is 9.75. The van der Waals surface area contributed by atoms with Crippen LogP contribution in [0.15, 0.2) is 6.20 Å². The molecule has 7 heteroatoms. The van der Waals surface area contributed by atoms with Gasteiger partial charge in [-0.1, -0.05) is 64.0 Å². The zero-order valence-corrected chi connectivity index (χ0v) is 21.0. The third kappa shape index (κ3) is 7.84. The van der Waals surface area contributed by atoms with Gasteiger partial charge >= 0.3 is 0 Å². The van der Waals surface area contributed by atoms with E-state index in [9.17, 15) is 4.79 Å². The van der Waals surface area contributed by atoms with Crippen LogP contribution in [-0.2, 0) is 11.2 Å². The smallest absolute Gasteiger partial charge is 0.220 e. The van der Waals surface area contributed by atoms with E-state index < -0.39 is 11.1 Å². The van der Waals surface area contributed by atoms with Gasteiger partial charge in [-0.15, -0.1) is 5.10 Å². The van der Waals surface area contributed by atoms with E-state index in [4.69, 9.17) is 11.5 Å². The van der Waals surface area contributed by atoms with Gasteiger partial charge in [0.15, 0.2) is 0 Å². The van der Waals surface area contributed by atoms with Crippen molar-refractivity contribution >= 4 is 5.91 Å². The molecule has 4 unspecified atom stereocenters. The monoisotopic (exact) mass is 448 g/mol. The molecule has 1 aliphatic rings. The number of nitrogens with one attached hydrogen (secondary N) is 1. The summed E-state index contributed by atoms with van der Waals surface area (Å²) in [5.41, 5.74) is 12.8. The van der Waals surface area contributed by atoms with Gasteiger partial charge in [0.1, 0.15) is 0 Å². The normalized spacial score (nSPS) is 27.1. The fraction of sp³-hybridized carbons (Fsp3) is 0.880. The van der Waals surface area contributed by atoms with Gasteiger partial charge in [0.05, 0.1) is 17.3 Å². The molecule has 0 radical (unpaired) electrons. The Hall–Kier alpha value is -1.47. The Morgan fingerprint density at radius 1 is 1.25 bits per heavy atom. The summed E-state index contributed by atoms with van der Waals surface area (Å²) in [7, 11) is 0. The molecule has 1 heterocycles. The Labute approximate surface area is 195 Å². The van der Waals surface area contributed by atoms with Gasteiger partial charge in [0, 0.05) is 30.6 Å². The number of hydrogen-bond acceptors (Lipinski definition) is 5. The Kier molecular flexibility index (Phi) is 10.6. The van der Waals surface area contributed by atoms with Crippen LogP contribution in [0, 0.1) is 0 Å². The van der Waals surface area contributed by atoms with E-state index in [0.717, 1.165) is 37.8 Å². The van der Waals surface area contributed by atoms with Crippen LogP contribution in [0.4, 0.5) is 0 Å². The van der Waals surface area contributed by atoms with Crippen molar-refractivity contribution in [3.05, 3.63) is 11.9 Å². The van der Waals surface area contributed by atoms with Crippen molar-refractivity contribution in [3.63, 3.8) is 0 Å². The van der Waals surface area contributed by atoms with E-state index in [-0.39, 0.29) is 11.9 Å². The van der Waals surface area contributed by atoms with Crippen LogP contribution in [0.3, 0.4) is 0 Å². The third-order valence-electron chi connectivity index (χ3n) is 7.52. The molecule has 5 N–H and O–H groups in total. The van der Waals surface area contributed by atoms with Gasteiger partial charge < -0.3 is 16.8 Å². The lowest BCUT2D eigenvalue weighted by molar-refractivity contribution is -0.123. The molecule has 2 rings (SSSR count). The minimum Gasteiger partial charge on any atom is -0.349 e. The molecular weight excluding hydrogens is 400 g/mol. The highest BCUT2D eigenvalue weighted by molar-refractivity contribution is 5.77. The number of carbonyl (C=O) groups is 1. The van der Waals surface area contributed by atoms with E-state index in [1.54, 1.807) is 0 Å². The Balaban J connectivity index is 1.83. The van der Waals surface area contributed by atoms with Crippen LogP contribution >= 0.6 is 0 Å². The first-order valence-corrected chi connectivity index (χ1v) is 13.0. The summed E-state index contributed by atoms with van der Waals surface area (Å²) in [5.74, 6) is 0.00643. The maximum Gasteiger partial charge on any atom is 0.220 e. The highest BCUT2D eigenvalue weighted by atomic mass is 16.1. The molecule has 4 atom stereocenters. The molecule has 1 fully saturated rings. The summed E-state index contributed by atoms with van der Waals surface area (Å²) >= 11 is 0. The SMILES string of the molecule is CCCCCCCCC(CC)n1cc(CCC(=O)NC2(C)CC(N)CCCC2(C)N)nn1. The van der Waals surface area contributed by atoms with E-state index >= 15 is 0 Å².